The van der Waals surface area contributed by atoms with Crippen LogP contribution in [-0.2, 0) is 6.42 Å². The van der Waals surface area contributed by atoms with Gasteiger partial charge >= 0.3 is 0 Å². The summed E-state index contributed by atoms with van der Waals surface area (Å²) in [7, 11) is 0. The van der Waals surface area contributed by atoms with E-state index in [0.717, 1.165) is 32.6 Å². The molecule has 108 valence electrons. The topological polar surface area (TPSA) is 15.3 Å². The van der Waals surface area contributed by atoms with Crippen LogP contribution in [0.2, 0.25) is 0 Å². The summed E-state index contributed by atoms with van der Waals surface area (Å²) in [6.45, 7) is 4.46. The van der Waals surface area contributed by atoms with E-state index >= 15 is 0 Å². The molecule has 1 unspecified atom stereocenters. The Bertz CT molecular complexity index is 460. The van der Waals surface area contributed by atoms with E-state index in [0.29, 0.717) is 5.92 Å². The SMILES string of the molecule is Fc1ccc(CC2C=C(N3CCNCC3)CCC2)cc1. The number of rotatable bonds is 3. The lowest BCUT2D eigenvalue weighted by atomic mass is 9.88. The van der Waals surface area contributed by atoms with Crippen LogP contribution in [0.4, 0.5) is 4.39 Å². The zero-order chi connectivity index (χ0) is 13.8. The van der Waals surface area contributed by atoms with Crippen LogP contribution in [0.3, 0.4) is 0 Å². The van der Waals surface area contributed by atoms with Gasteiger partial charge in [0.15, 0.2) is 0 Å². The second kappa shape index (κ2) is 6.40. The summed E-state index contributed by atoms with van der Waals surface area (Å²) >= 11 is 0. The van der Waals surface area contributed by atoms with Crippen molar-refractivity contribution in [3.63, 3.8) is 0 Å². The third kappa shape index (κ3) is 3.40. The molecule has 0 bridgehead atoms. The molecule has 1 atom stereocenters. The summed E-state index contributed by atoms with van der Waals surface area (Å²) in [5, 5.41) is 3.41. The highest BCUT2D eigenvalue weighted by Gasteiger charge is 2.19. The van der Waals surface area contributed by atoms with E-state index in [1.54, 1.807) is 12.1 Å². The van der Waals surface area contributed by atoms with E-state index in [1.807, 2.05) is 12.1 Å². The maximum atomic E-state index is 12.9. The van der Waals surface area contributed by atoms with Gasteiger partial charge < -0.3 is 10.2 Å². The monoisotopic (exact) mass is 274 g/mol. The Morgan fingerprint density at radius 1 is 1.15 bits per heavy atom. The zero-order valence-corrected chi connectivity index (χ0v) is 11.9. The van der Waals surface area contributed by atoms with E-state index in [2.05, 4.69) is 16.3 Å². The quantitative estimate of drug-likeness (QED) is 0.911. The fourth-order valence-corrected chi connectivity index (χ4v) is 3.28. The normalized spacial score (nSPS) is 23.6. The third-order valence-electron chi connectivity index (χ3n) is 4.37. The Labute approximate surface area is 120 Å². The highest BCUT2D eigenvalue weighted by atomic mass is 19.1. The van der Waals surface area contributed by atoms with Crippen LogP contribution in [-0.4, -0.2) is 31.1 Å². The average molecular weight is 274 g/mol. The van der Waals surface area contributed by atoms with Crippen LogP contribution < -0.4 is 5.32 Å². The summed E-state index contributed by atoms with van der Waals surface area (Å²) in [6, 6.07) is 6.97. The van der Waals surface area contributed by atoms with Crippen LogP contribution in [0.25, 0.3) is 0 Å². The van der Waals surface area contributed by atoms with Crippen molar-refractivity contribution >= 4 is 0 Å². The maximum absolute atomic E-state index is 12.9. The van der Waals surface area contributed by atoms with Crippen molar-refractivity contribution in [2.75, 3.05) is 26.2 Å². The fraction of sp³-hybridized carbons (Fsp3) is 0.529. The lowest BCUT2D eigenvalue weighted by molar-refractivity contribution is 0.277. The zero-order valence-electron chi connectivity index (χ0n) is 11.9. The number of halogens is 1. The molecule has 1 aliphatic carbocycles. The van der Waals surface area contributed by atoms with Crippen LogP contribution in [0.15, 0.2) is 36.0 Å². The molecule has 1 N–H and O–H groups in total. The average Bonchev–Trinajstić information content (AvgIpc) is 2.51. The van der Waals surface area contributed by atoms with Gasteiger partial charge in [-0.25, -0.2) is 4.39 Å². The molecule has 3 heteroatoms. The molecule has 1 saturated heterocycles. The van der Waals surface area contributed by atoms with Crippen molar-refractivity contribution in [2.24, 2.45) is 5.92 Å². The van der Waals surface area contributed by atoms with Crippen molar-refractivity contribution in [2.45, 2.75) is 25.7 Å². The molecule has 1 aromatic carbocycles. The first-order valence-corrected chi connectivity index (χ1v) is 7.72. The van der Waals surface area contributed by atoms with Crippen molar-refractivity contribution in [1.82, 2.24) is 10.2 Å². The van der Waals surface area contributed by atoms with Crippen LogP contribution in [0.5, 0.6) is 0 Å². The van der Waals surface area contributed by atoms with Gasteiger partial charge in [-0.2, -0.15) is 0 Å². The Kier molecular flexibility index (Phi) is 4.36. The molecule has 1 aliphatic heterocycles. The smallest absolute Gasteiger partial charge is 0.123 e. The summed E-state index contributed by atoms with van der Waals surface area (Å²) in [5.41, 5.74) is 2.78. The van der Waals surface area contributed by atoms with Gasteiger partial charge in [0.2, 0.25) is 0 Å². The molecule has 1 aromatic rings. The summed E-state index contributed by atoms with van der Waals surface area (Å²) in [5.74, 6) is 0.466. The number of hydrogen-bond acceptors (Lipinski definition) is 2. The Morgan fingerprint density at radius 3 is 2.65 bits per heavy atom. The number of hydrogen-bond donors (Lipinski definition) is 1. The molecule has 0 saturated carbocycles. The van der Waals surface area contributed by atoms with Gasteiger partial charge in [-0.05, 0) is 49.3 Å². The van der Waals surface area contributed by atoms with E-state index < -0.39 is 0 Å². The standard InChI is InChI=1S/C17H23FN2/c18-16-6-4-14(5-7-16)12-15-2-1-3-17(13-15)20-10-8-19-9-11-20/h4-7,13,15,19H,1-3,8-12H2. The summed E-state index contributed by atoms with van der Waals surface area (Å²) < 4.78 is 12.9. The van der Waals surface area contributed by atoms with E-state index in [4.69, 9.17) is 0 Å². The van der Waals surface area contributed by atoms with Gasteiger partial charge in [-0.3, -0.25) is 0 Å². The summed E-state index contributed by atoms with van der Waals surface area (Å²) in [4.78, 5) is 2.54. The largest absolute Gasteiger partial charge is 0.373 e. The predicted octanol–water partition coefficient (Wildman–Crippen LogP) is 2.96. The van der Waals surface area contributed by atoms with Gasteiger partial charge in [0.05, 0.1) is 0 Å². The van der Waals surface area contributed by atoms with Gasteiger partial charge in [0, 0.05) is 31.9 Å². The Morgan fingerprint density at radius 2 is 1.90 bits per heavy atom. The predicted molar refractivity (Wildman–Crippen MR) is 80.0 cm³/mol. The van der Waals surface area contributed by atoms with Gasteiger partial charge in [0.1, 0.15) is 5.82 Å². The minimum absolute atomic E-state index is 0.144. The van der Waals surface area contributed by atoms with Gasteiger partial charge in [0.25, 0.3) is 0 Å². The Balaban J connectivity index is 1.65. The van der Waals surface area contributed by atoms with Gasteiger partial charge in [-0.1, -0.05) is 18.2 Å². The maximum Gasteiger partial charge on any atom is 0.123 e. The number of piperazine rings is 1. The molecule has 2 aliphatic rings. The van der Waals surface area contributed by atoms with Crippen molar-refractivity contribution in [3.05, 3.63) is 47.4 Å². The molecule has 0 spiro atoms. The molecular weight excluding hydrogens is 251 g/mol. The first-order valence-electron chi connectivity index (χ1n) is 7.72. The molecule has 2 nitrogen and oxygen atoms in total. The first-order chi connectivity index (χ1) is 9.81. The van der Waals surface area contributed by atoms with Crippen LogP contribution in [0, 0.1) is 11.7 Å². The van der Waals surface area contributed by atoms with Gasteiger partial charge in [-0.15, -0.1) is 0 Å². The van der Waals surface area contributed by atoms with Crippen LogP contribution in [0.1, 0.15) is 24.8 Å². The Hall–Kier alpha value is -1.35. The highest BCUT2D eigenvalue weighted by Crippen LogP contribution is 2.28. The van der Waals surface area contributed by atoms with Crippen molar-refractivity contribution < 1.29 is 4.39 Å². The molecule has 3 rings (SSSR count). The number of nitrogens with zero attached hydrogens (tertiary/aromatic N) is 1. The van der Waals surface area contributed by atoms with Crippen LogP contribution >= 0.6 is 0 Å². The van der Waals surface area contributed by atoms with Crippen molar-refractivity contribution in [1.29, 1.82) is 0 Å². The minimum atomic E-state index is -0.144. The molecular formula is C17H23FN2. The first kappa shape index (κ1) is 13.6. The summed E-state index contributed by atoms with van der Waals surface area (Å²) in [6.07, 6.45) is 7.27. The van der Waals surface area contributed by atoms with E-state index in [-0.39, 0.29) is 5.82 Å². The minimum Gasteiger partial charge on any atom is -0.373 e. The number of benzene rings is 1. The molecule has 0 aromatic heterocycles. The molecule has 1 fully saturated rings. The fourth-order valence-electron chi connectivity index (χ4n) is 3.28. The van der Waals surface area contributed by atoms with E-state index in [1.165, 1.54) is 30.5 Å². The number of allylic oxidation sites excluding steroid dienone is 2. The molecule has 0 amide bonds. The van der Waals surface area contributed by atoms with Crippen molar-refractivity contribution in [3.8, 4) is 0 Å². The number of nitrogens with one attached hydrogen (secondary N) is 1. The lowest BCUT2D eigenvalue weighted by Crippen LogP contribution is -2.43. The van der Waals surface area contributed by atoms with E-state index in [9.17, 15) is 4.39 Å². The molecule has 1 heterocycles. The second-order valence-electron chi connectivity index (χ2n) is 5.88. The third-order valence-corrected chi connectivity index (χ3v) is 4.37. The second-order valence-corrected chi connectivity index (χ2v) is 5.88. The molecule has 0 radical (unpaired) electrons. The lowest BCUT2D eigenvalue weighted by Gasteiger charge is -2.34. The highest BCUT2D eigenvalue weighted by molar-refractivity contribution is 5.19. The molecule has 20 heavy (non-hydrogen) atoms.